The second-order valence-electron chi connectivity index (χ2n) is 5.76. The smallest absolute Gasteiger partial charge is 0.231 e. The van der Waals surface area contributed by atoms with Crippen LogP contribution in [0.2, 0.25) is 0 Å². The van der Waals surface area contributed by atoms with Gasteiger partial charge >= 0.3 is 0 Å². The van der Waals surface area contributed by atoms with Gasteiger partial charge in [-0.05, 0) is 24.3 Å². The summed E-state index contributed by atoms with van der Waals surface area (Å²) in [5, 5.41) is 7.38. The minimum Gasteiger partial charge on any atom is -0.454 e. The maximum Gasteiger partial charge on any atom is 0.231 e. The molecule has 2 aromatic carbocycles. The van der Waals surface area contributed by atoms with Gasteiger partial charge in [-0.1, -0.05) is 23.4 Å². The lowest BCUT2D eigenvalue weighted by atomic mass is 10.0. The monoisotopic (exact) mass is 328 g/mol. The highest BCUT2D eigenvalue weighted by Gasteiger charge is 2.23. The van der Waals surface area contributed by atoms with E-state index in [0.29, 0.717) is 25.1 Å². The first-order valence-electron chi connectivity index (χ1n) is 7.86. The second-order valence-corrected chi connectivity index (χ2v) is 5.76. The van der Waals surface area contributed by atoms with E-state index in [1.807, 2.05) is 24.3 Å². The third-order valence-corrected chi connectivity index (χ3v) is 4.08. The van der Waals surface area contributed by atoms with E-state index in [-0.39, 0.29) is 18.7 Å². The van der Waals surface area contributed by atoms with Crippen molar-refractivity contribution in [2.24, 2.45) is 5.16 Å². The molecule has 1 atom stereocenters. The lowest BCUT2D eigenvalue weighted by molar-refractivity contribution is 0.0848. The summed E-state index contributed by atoms with van der Waals surface area (Å²) in [5.74, 6) is 1.28. The van der Waals surface area contributed by atoms with Gasteiger partial charge in [-0.3, -0.25) is 0 Å². The molecular formula is C18H17FN2O3. The average molecular weight is 328 g/mol. The number of rotatable bonds is 5. The molecule has 0 fully saturated rings. The fraction of sp³-hybridized carbons (Fsp3) is 0.278. The standard InChI is InChI=1S/C18H17FN2O3/c19-15-4-2-1-3-13(15)9-20-10-14-8-16(21-24-14)12-5-6-17-18(7-12)23-11-22-17/h1-7,14,20H,8-11H2/t14-/m0/s1. The Hall–Kier alpha value is -2.60. The van der Waals surface area contributed by atoms with E-state index in [9.17, 15) is 4.39 Å². The van der Waals surface area contributed by atoms with Crippen molar-refractivity contribution < 1.29 is 18.7 Å². The quantitative estimate of drug-likeness (QED) is 0.917. The van der Waals surface area contributed by atoms with Crippen molar-refractivity contribution in [3.63, 3.8) is 0 Å². The zero-order chi connectivity index (χ0) is 16.4. The van der Waals surface area contributed by atoms with Gasteiger partial charge in [0.1, 0.15) is 11.9 Å². The van der Waals surface area contributed by atoms with Crippen LogP contribution < -0.4 is 14.8 Å². The highest BCUT2D eigenvalue weighted by atomic mass is 19.1. The molecule has 124 valence electrons. The van der Waals surface area contributed by atoms with Crippen LogP contribution in [0, 0.1) is 5.82 Å². The summed E-state index contributed by atoms with van der Waals surface area (Å²) in [6.45, 7) is 1.32. The van der Waals surface area contributed by atoms with Gasteiger partial charge in [0.05, 0.1) is 5.71 Å². The van der Waals surface area contributed by atoms with Crippen molar-refractivity contribution in [3.8, 4) is 11.5 Å². The van der Waals surface area contributed by atoms with E-state index < -0.39 is 0 Å². The van der Waals surface area contributed by atoms with Crippen molar-refractivity contribution in [2.75, 3.05) is 13.3 Å². The molecule has 0 radical (unpaired) electrons. The number of nitrogens with one attached hydrogen (secondary N) is 1. The minimum absolute atomic E-state index is 0.0582. The first-order valence-corrected chi connectivity index (χ1v) is 7.86. The predicted molar refractivity (Wildman–Crippen MR) is 86.7 cm³/mol. The van der Waals surface area contributed by atoms with Crippen LogP contribution in [0.15, 0.2) is 47.6 Å². The molecular weight excluding hydrogens is 311 g/mol. The van der Waals surface area contributed by atoms with E-state index in [0.717, 1.165) is 22.8 Å². The summed E-state index contributed by atoms with van der Waals surface area (Å²) >= 11 is 0. The number of nitrogens with zero attached hydrogens (tertiary/aromatic N) is 1. The molecule has 0 saturated heterocycles. The Morgan fingerprint density at radius 3 is 2.92 bits per heavy atom. The summed E-state index contributed by atoms with van der Waals surface area (Å²) in [6.07, 6.45) is 0.640. The molecule has 2 heterocycles. The number of halogens is 1. The zero-order valence-electron chi connectivity index (χ0n) is 13.0. The number of fused-ring (bicyclic) bond motifs is 1. The molecule has 0 unspecified atom stereocenters. The summed E-state index contributed by atoms with van der Waals surface area (Å²) in [4.78, 5) is 5.47. The highest BCUT2D eigenvalue weighted by molar-refractivity contribution is 6.01. The minimum atomic E-state index is -0.199. The number of hydrogen-bond acceptors (Lipinski definition) is 5. The molecule has 0 amide bonds. The van der Waals surface area contributed by atoms with Crippen LogP contribution in [0.5, 0.6) is 11.5 Å². The Labute approximate surface area is 139 Å². The summed E-state index contributed by atoms with van der Waals surface area (Å²) in [6, 6.07) is 12.5. The number of hydrogen-bond donors (Lipinski definition) is 1. The predicted octanol–water partition coefficient (Wildman–Crippen LogP) is 2.84. The highest BCUT2D eigenvalue weighted by Crippen LogP contribution is 2.33. The molecule has 24 heavy (non-hydrogen) atoms. The Balaban J connectivity index is 1.31. The van der Waals surface area contributed by atoms with Gasteiger partial charge in [-0.15, -0.1) is 0 Å². The topological polar surface area (TPSA) is 52.1 Å². The molecule has 2 aromatic rings. The summed E-state index contributed by atoms with van der Waals surface area (Å²) in [5.41, 5.74) is 2.49. The van der Waals surface area contributed by atoms with Gasteiger partial charge in [0.15, 0.2) is 11.5 Å². The van der Waals surface area contributed by atoms with Gasteiger partial charge in [-0.25, -0.2) is 4.39 Å². The van der Waals surface area contributed by atoms with E-state index >= 15 is 0 Å². The zero-order valence-corrected chi connectivity index (χ0v) is 13.0. The lowest BCUT2D eigenvalue weighted by Crippen LogP contribution is -2.27. The number of ether oxygens (including phenoxy) is 2. The Kier molecular flexibility index (Phi) is 4.04. The first kappa shape index (κ1) is 15.0. The van der Waals surface area contributed by atoms with Crippen LogP contribution in [-0.2, 0) is 11.4 Å². The largest absolute Gasteiger partial charge is 0.454 e. The van der Waals surface area contributed by atoms with Crippen molar-refractivity contribution >= 4 is 5.71 Å². The molecule has 0 aromatic heterocycles. The SMILES string of the molecule is Fc1ccccc1CNC[C@@H]1CC(c2ccc3c(c2)OCO3)=NO1. The van der Waals surface area contributed by atoms with Crippen LogP contribution in [0.3, 0.4) is 0 Å². The Morgan fingerprint density at radius 1 is 1.12 bits per heavy atom. The third-order valence-electron chi connectivity index (χ3n) is 4.08. The molecule has 1 N–H and O–H groups in total. The molecule has 0 bridgehead atoms. The molecule has 2 aliphatic rings. The van der Waals surface area contributed by atoms with Gasteiger partial charge in [0, 0.05) is 30.6 Å². The number of oxime groups is 1. The van der Waals surface area contributed by atoms with Crippen LogP contribution in [0.1, 0.15) is 17.5 Å². The van der Waals surface area contributed by atoms with E-state index in [1.165, 1.54) is 6.07 Å². The van der Waals surface area contributed by atoms with E-state index in [1.54, 1.807) is 12.1 Å². The molecule has 0 aliphatic carbocycles. The first-order chi connectivity index (χ1) is 11.8. The van der Waals surface area contributed by atoms with Crippen molar-refractivity contribution in [2.45, 2.75) is 19.1 Å². The average Bonchev–Trinajstić information content (AvgIpc) is 3.25. The van der Waals surface area contributed by atoms with Crippen LogP contribution in [0.25, 0.3) is 0 Å². The van der Waals surface area contributed by atoms with Crippen LogP contribution in [-0.4, -0.2) is 25.2 Å². The Morgan fingerprint density at radius 2 is 2.00 bits per heavy atom. The molecule has 0 saturated carbocycles. The maximum atomic E-state index is 13.6. The van der Waals surface area contributed by atoms with Crippen LogP contribution in [0.4, 0.5) is 4.39 Å². The van der Waals surface area contributed by atoms with Crippen molar-refractivity contribution in [1.82, 2.24) is 5.32 Å². The van der Waals surface area contributed by atoms with Crippen LogP contribution >= 0.6 is 0 Å². The van der Waals surface area contributed by atoms with Gasteiger partial charge in [-0.2, -0.15) is 0 Å². The summed E-state index contributed by atoms with van der Waals surface area (Å²) in [7, 11) is 0. The van der Waals surface area contributed by atoms with Gasteiger partial charge in [0.25, 0.3) is 0 Å². The molecule has 5 nitrogen and oxygen atoms in total. The second kappa shape index (κ2) is 6.49. The molecule has 4 rings (SSSR count). The molecule has 6 heteroatoms. The van der Waals surface area contributed by atoms with Crippen molar-refractivity contribution in [3.05, 3.63) is 59.4 Å². The van der Waals surface area contributed by atoms with E-state index in [4.69, 9.17) is 14.3 Å². The molecule has 0 spiro atoms. The van der Waals surface area contributed by atoms with Crippen molar-refractivity contribution in [1.29, 1.82) is 0 Å². The normalized spacial score (nSPS) is 18.4. The third kappa shape index (κ3) is 3.05. The lowest BCUT2D eigenvalue weighted by Gasteiger charge is -2.10. The fourth-order valence-corrected chi connectivity index (χ4v) is 2.79. The number of benzene rings is 2. The fourth-order valence-electron chi connectivity index (χ4n) is 2.79. The summed E-state index contributed by atoms with van der Waals surface area (Å²) < 4.78 is 24.3. The Bertz CT molecular complexity index is 779. The molecule has 2 aliphatic heterocycles. The van der Waals surface area contributed by atoms with E-state index in [2.05, 4.69) is 10.5 Å². The van der Waals surface area contributed by atoms with Gasteiger partial charge < -0.3 is 19.6 Å². The van der Waals surface area contributed by atoms with Gasteiger partial charge in [0.2, 0.25) is 6.79 Å². The maximum absolute atomic E-state index is 13.6.